The fraction of sp³-hybridized carbons (Fsp3) is 0.333. The Labute approximate surface area is 201 Å². The highest BCUT2D eigenvalue weighted by molar-refractivity contribution is 6.45. The Morgan fingerprint density at radius 3 is 2.47 bits per heavy atom. The first-order valence-electron chi connectivity index (χ1n) is 12.6. The molecule has 1 aliphatic carbocycles. The van der Waals surface area contributed by atoms with Crippen molar-refractivity contribution >= 4 is 39.7 Å². The number of carbonyl (C=O) groups excluding carboxylic acids is 1. The highest BCUT2D eigenvalue weighted by Gasteiger charge is 2.42. The molecule has 0 saturated carbocycles. The average Bonchev–Trinajstić information content (AvgIpc) is 3.39. The summed E-state index contributed by atoms with van der Waals surface area (Å²) >= 11 is 0. The van der Waals surface area contributed by atoms with E-state index >= 15 is 0 Å². The molecule has 0 atom stereocenters. The fourth-order valence-electron chi connectivity index (χ4n) is 5.14. The van der Waals surface area contributed by atoms with Crippen molar-refractivity contribution in [3.63, 3.8) is 0 Å². The molecule has 0 amide bonds. The van der Waals surface area contributed by atoms with Crippen molar-refractivity contribution < 1.29 is 14.5 Å². The van der Waals surface area contributed by atoms with Gasteiger partial charge in [-0.25, -0.2) is 0 Å². The monoisotopic (exact) mass is 453 g/mol. The second kappa shape index (κ2) is 9.09. The highest BCUT2D eigenvalue weighted by Crippen LogP contribution is 2.45. The van der Waals surface area contributed by atoms with Crippen LogP contribution in [0.4, 0.5) is 5.69 Å². The third-order valence-corrected chi connectivity index (χ3v) is 7.11. The van der Waals surface area contributed by atoms with E-state index in [9.17, 15) is 9.90 Å². The summed E-state index contributed by atoms with van der Waals surface area (Å²) in [6.07, 6.45) is 9.40. The third-order valence-electron chi connectivity index (χ3n) is 7.11. The van der Waals surface area contributed by atoms with Crippen LogP contribution in [0.25, 0.3) is 22.0 Å². The van der Waals surface area contributed by atoms with E-state index < -0.39 is 0 Å². The molecule has 174 valence electrons. The first-order chi connectivity index (χ1) is 16.6. The number of ketones is 1. The number of aliphatic hydroxyl groups is 1. The molecule has 4 nitrogen and oxygen atoms in total. The zero-order valence-electron chi connectivity index (χ0n) is 20.4. The van der Waals surface area contributed by atoms with Gasteiger partial charge in [-0.3, -0.25) is 4.79 Å². The van der Waals surface area contributed by atoms with Gasteiger partial charge in [0.2, 0.25) is 11.5 Å². The number of aromatic nitrogens is 1. The topological polar surface area (TPSA) is 45.2 Å². The van der Waals surface area contributed by atoms with Crippen molar-refractivity contribution in [2.45, 2.75) is 59.4 Å². The number of aliphatic hydroxyl groups excluding tert-OH is 1. The molecule has 2 aromatic carbocycles. The van der Waals surface area contributed by atoms with E-state index in [1.54, 1.807) is 0 Å². The number of carbonyl (C=O) groups is 1. The lowest BCUT2D eigenvalue weighted by atomic mass is 9.79. The molecule has 4 heteroatoms. The molecule has 0 radical (unpaired) electrons. The highest BCUT2D eigenvalue weighted by atomic mass is 16.3. The molecule has 0 spiro atoms. The normalized spacial score (nSPS) is 17.4. The Balaban J connectivity index is 1.64. The van der Waals surface area contributed by atoms with Crippen molar-refractivity contribution in [2.24, 2.45) is 0 Å². The van der Waals surface area contributed by atoms with Gasteiger partial charge in [0, 0.05) is 41.7 Å². The van der Waals surface area contributed by atoms with E-state index in [0.717, 1.165) is 78.5 Å². The molecule has 1 aliphatic heterocycles. The molecule has 1 N–H and O–H groups in total. The summed E-state index contributed by atoms with van der Waals surface area (Å²) in [7, 11) is 0. The van der Waals surface area contributed by atoms with Gasteiger partial charge in [-0.05, 0) is 30.5 Å². The Hall–Kier alpha value is -3.40. The molecule has 1 aromatic heterocycles. The average molecular weight is 454 g/mol. The summed E-state index contributed by atoms with van der Waals surface area (Å²) in [6.45, 7) is 8.31. The van der Waals surface area contributed by atoms with Crippen LogP contribution in [0.1, 0.15) is 63.1 Å². The lowest BCUT2D eigenvalue weighted by molar-refractivity contribution is -0.432. The molecule has 34 heavy (non-hydrogen) atoms. The van der Waals surface area contributed by atoms with Crippen LogP contribution >= 0.6 is 0 Å². The number of hydrogen-bond acceptors (Lipinski definition) is 2. The third kappa shape index (κ3) is 3.53. The summed E-state index contributed by atoms with van der Waals surface area (Å²) in [5.74, 6) is 0.0622. The van der Waals surface area contributed by atoms with Gasteiger partial charge in [-0.15, -0.1) is 0 Å². The summed E-state index contributed by atoms with van der Waals surface area (Å²) in [5.41, 5.74) is 7.10. The Morgan fingerprint density at radius 1 is 0.941 bits per heavy atom. The lowest BCUT2D eigenvalue weighted by Gasteiger charge is -2.22. The number of rotatable bonds is 8. The fourth-order valence-corrected chi connectivity index (χ4v) is 5.14. The number of unbranched alkanes of at least 4 members (excludes halogenated alkanes) is 2. The molecule has 0 fully saturated rings. The molecular formula is C30H33N2O2+. The van der Waals surface area contributed by atoms with E-state index in [-0.39, 0.29) is 11.5 Å². The van der Waals surface area contributed by atoms with Crippen LogP contribution in [0.15, 0.2) is 60.0 Å². The number of benzene rings is 2. The van der Waals surface area contributed by atoms with Crippen LogP contribution in [0.3, 0.4) is 0 Å². The van der Waals surface area contributed by atoms with Gasteiger partial charge >= 0.3 is 0 Å². The van der Waals surface area contributed by atoms with Gasteiger partial charge in [0.05, 0.1) is 22.3 Å². The first kappa shape index (κ1) is 22.4. The second-order valence-electron chi connectivity index (χ2n) is 9.33. The maximum absolute atomic E-state index is 13.6. The molecule has 3 aromatic rings. The largest absolute Gasteiger partial charge is 0.506 e. The molecule has 0 bridgehead atoms. The number of allylic oxidation sites excluding steroid dienone is 3. The van der Waals surface area contributed by atoms with Crippen molar-refractivity contribution in [3.8, 4) is 0 Å². The first-order valence-corrected chi connectivity index (χ1v) is 12.6. The van der Waals surface area contributed by atoms with Crippen LogP contribution in [0.5, 0.6) is 0 Å². The minimum absolute atomic E-state index is 0.0627. The minimum atomic E-state index is -0.0627. The summed E-state index contributed by atoms with van der Waals surface area (Å²) in [6, 6.07) is 14.6. The summed E-state index contributed by atoms with van der Waals surface area (Å²) in [4.78, 5) is 13.6. The van der Waals surface area contributed by atoms with Gasteiger partial charge in [0.15, 0.2) is 6.21 Å². The van der Waals surface area contributed by atoms with Crippen LogP contribution in [-0.2, 0) is 17.8 Å². The predicted octanol–water partition coefficient (Wildman–Crippen LogP) is 6.84. The van der Waals surface area contributed by atoms with Crippen molar-refractivity contribution in [3.05, 3.63) is 76.7 Å². The molecule has 2 aliphatic rings. The maximum Gasteiger partial charge on any atom is 0.213 e. The number of fused-ring (bicyclic) bond motifs is 2. The van der Waals surface area contributed by atoms with E-state index in [4.69, 9.17) is 0 Å². The molecule has 2 heterocycles. The van der Waals surface area contributed by atoms with Gasteiger partial charge in [0.1, 0.15) is 12.3 Å². The smallest absolute Gasteiger partial charge is 0.213 e. The Morgan fingerprint density at radius 2 is 1.74 bits per heavy atom. The number of Topliss-reactive ketones (excluding diaryl/α,β-unsaturated/α-hetero) is 1. The van der Waals surface area contributed by atoms with Crippen molar-refractivity contribution in [2.75, 3.05) is 6.54 Å². The van der Waals surface area contributed by atoms with Gasteiger partial charge in [-0.1, -0.05) is 57.9 Å². The molecule has 0 unspecified atom stereocenters. The van der Waals surface area contributed by atoms with Crippen LogP contribution in [0, 0.1) is 0 Å². The molecule has 0 saturated heterocycles. The van der Waals surface area contributed by atoms with Crippen LogP contribution in [0.2, 0.25) is 0 Å². The minimum Gasteiger partial charge on any atom is -0.506 e. The summed E-state index contributed by atoms with van der Waals surface area (Å²) in [5, 5.41) is 12.3. The van der Waals surface area contributed by atoms with E-state index in [2.05, 4.69) is 60.4 Å². The number of hydrogen-bond donors (Lipinski definition) is 1. The number of aryl methyl sites for hydroxylation is 2. The SMILES string of the molecule is CCCCn1cc(C2=C(O)/C(=C3\C=[N+](CCCC)c4ccc(CC)cc43)C2=O)c2ccccc21. The number of para-hydroxylation sites is 1. The van der Waals surface area contributed by atoms with E-state index in [1.165, 1.54) is 5.56 Å². The second-order valence-corrected chi connectivity index (χ2v) is 9.33. The van der Waals surface area contributed by atoms with E-state index in [0.29, 0.717) is 11.1 Å². The zero-order chi connectivity index (χ0) is 23.8. The standard InChI is InChI=1S/C30H32N2O2/c1-4-7-15-31-18-23(21-11-9-10-12-25(21)31)27-29(33)28(30(27)34)24-19-32(16-8-5-2)26-14-13-20(6-3)17-22(24)26/h9-14,17-19H,4-8,15-16H2,1-3H3/p+1. The van der Waals surface area contributed by atoms with E-state index in [1.807, 2.05) is 24.4 Å². The molecule has 5 rings (SSSR count). The van der Waals surface area contributed by atoms with Crippen LogP contribution < -0.4 is 0 Å². The Kier molecular flexibility index (Phi) is 5.99. The Bertz CT molecular complexity index is 1380. The predicted molar refractivity (Wildman–Crippen MR) is 140 cm³/mol. The van der Waals surface area contributed by atoms with Crippen molar-refractivity contribution in [1.29, 1.82) is 0 Å². The van der Waals surface area contributed by atoms with Gasteiger partial charge in [-0.2, -0.15) is 4.58 Å². The maximum atomic E-state index is 13.6. The zero-order valence-corrected chi connectivity index (χ0v) is 20.4. The van der Waals surface area contributed by atoms with Gasteiger partial charge in [0.25, 0.3) is 0 Å². The quantitative estimate of drug-likeness (QED) is 0.300. The molecular weight excluding hydrogens is 420 g/mol. The van der Waals surface area contributed by atoms with Crippen molar-refractivity contribution in [1.82, 2.24) is 4.57 Å². The summed E-state index contributed by atoms with van der Waals surface area (Å²) < 4.78 is 4.44. The number of nitrogens with zero attached hydrogens (tertiary/aromatic N) is 2. The lowest BCUT2D eigenvalue weighted by Crippen LogP contribution is -2.23. The van der Waals surface area contributed by atoms with Gasteiger partial charge < -0.3 is 9.67 Å². The van der Waals surface area contributed by atoms with Crippen LogP contribution in [-0.4, -0.2) is 32.8 Å².